The van der Waals surface area contributed by atoms with Crippen LogP contribution >= 0.6 is 0 Å². The summed E-state index contributed by atoms with van der Waals surface area (Å²) in [6, 6.07) is 17.8. The van der Waals surface area contributed by atoms with Crippen LogP contribution in [-0.2, 0) is 12.0 Å². The summed E-state index contributed by atoms with van der Waals surface area (Å²) in [5.41, 5.74) is 9.78. The summed E-state index contributed by atoms with van der Waals surface area (Å²) in [5.74, 6) is 1.19. The molecule has 1 aliphatic heterocycles. The molecule has 0 amide bonds. The van der Waals surface area contributed by atoms with Crippen LogP contribution in [0.25, 0.3) is 0 Å². The quantitative estimate of drug-likeness (QED) is 0.617. The zero-order valence-corrected chi connectivity index (χ0v) is 18.6. The number of rotatable bonds is 5. The lowest BCUT2D eigenvalue weighted by Crippen LogP contribution is -2.24. The normalized spacial score (nSPS) is 15.5. The molecule has 7 nitrogen and oxygen atoms in total. The van der Waals surface area contributed by atoms with Crippen molar-refractivity contribution in [2.45, 2.75) is 38.7 Å². The average Bonchev–Trinajstić information content (AvgIpc) is 3.21. The number of nitrogens with two attached hydrogens (primary N) is 1. The zero-order valence-electron chi connectivity index (χ0n) is 18.6. The van der Waals surface area contributed by atoms with Gasteiger partial charge >= 0.3 is 0 Å². The van der Waals surface area contributed by atoms with E-state index in [9.17, 15) is 5.26 Å². The van der Waals surface area contributed by atoms with Gasteiger partial charge in [0.05, 0.1) is 18.6 Å². The first-order valence-electron chi connectivity index (χ1n) is 10.3. The smallest absolute Gasteiger partial charge is 0.244 e. The number of aromatic amines is 1. The highest BCUT2D eigenvalue weighted by Crippen LogP contribution is 2.46. The molecule has 1 unspecified atom stereocenters. The maximum absolute atomic E-state index is 9.92. The Bertz CT molecular complexity index is 1200. The first kappa shape index (κ1) is 21.3. The number of aromatic nitrogens is 2. The number of hydrogen-bond acceptors (Lipinski definition) is 6. The zero-order chi connectivity index (χ0) is 22.9. The maximum atomic E-state index is 9.92. The van der Waals surface area contributed by atoms with Gasteiger partial charge in [0.2, 0.25) is 11.8 Å². The molecule has 1 aliphatic rings. The fourth-order valence-corrected chi connectivity index (χ4v) is 3.87. The van der Waals surface area contributed by atoms with Gasteiger partial charge in [0, 0.05) is 11.1 Å². The second kappa shape index (κ2) is 8.31. The number of allylic oxidation sites excluding steroid dienone is 1. The minimum absolute atomic E-state index is 0.0551. The van der Waals surface area contributed by atoms with Crippen LogP contribution in [0.4, 0.5) is 0 Å². The number of fused-ring (bicyclic) bond motifs is 1. The predicted molar refractivity (Wildman–Crippen MR) is 120 cm³/mol. The number of ether oxygens (including phenoxy) is 3. The highest BCUT2D eigenvalue weighted by molar-refractivity contribution is 5.58. The molecule has 2 heterocycles. The van der Waals surface area contributed by atoms with Crippen LogP contribution in [0, 0.1) is 11.3 Å². The van der Waals surface area contributed by atoms with E-state index in [0.717, 1.165) is 22.4 Å². The van der Waals surface area contributed by atoms with Crippen molar-refractivity contribution in [3.05, 3.63) is 82.4 Å². The van der Waals surface area contributed by atoms with E-state index < -0.39 is 5.92 Å². The van der Waals surface area contributed by atoms with E-state index in [1.165, 1.54) is 0 Å². The van der Waals surface area contributed by atoms with Crippen molar-refractivity contribution in [3.8, 4) is 23.4 Å². The topological polar surface area (TPSA) is 106 Å². The van der Waals surface area contributed by atoms with Gasteiger partial charge in [0.15, 0.2) is 11.5 Å². The summed E-state index contributed by atoms with van der Waals surface area (Å²) in [6.07, 6.45) is 0. The molecule has 0 saturated carbocycles. The third-order valence-corrected chi connectivity index (χ3v) is 5.45. The molecule has 4 rings (SSSR count). The number of nitrogens with zero attached hydrogens (tertiary/aromatic N) is 2. The van der Waals surface area contributed by atoms with E-state index in [-0.39, 0.29) is 11.3 Å². The van der Waals surface area contributed by atoms with Crippen molar-refractivity contribution >= 4 is 0 Å². The van der Waals surface area contributed by atoms with Crippen molar-refractivity contribution in [2.24, 2.45) is 5.73 Å². The van der Waals surface area contributed by atoms with Crippen molar-refractivity contribution in [1.82, 2.24) is 10.2 Å². The van der Waals surface area contributed by atoms with E-state index in [1.807, 2.05) is 48.5 Å². The number of nitriles is 1. The molecule has 0 saturated heterocycles. The van der Waals surface area contributed by atoms with Gasteiger partial charge in [-0.15, -0.1) is 5.10 Å². The van der Waals surface area contributed by atoms with Gasteiger partial charge in [0.1, 0.15) is 18.2 Å². The van der Waals surface area contributed by atoms with Gasteiger partial charge in [0.25, 0.3) is 0 Å². The molecule has 3 N–H and O–H groups in total. The van der Waals surface area contributed by atoms with E-state index in [2.05, 4.69) is 37.0 Å². The molecular weight excluding hydrogens is 404 g/mol. The largest absolute Gasteiger partial charge is 0.493 e. The fraction of sp³-hybridized carbons (Fsp3) is 0.280. The monoisotopic (exact) mass is 430 g/mol. The third kappa shape index (κ3) is 3.87. The van der Waals surface area contributed by atoms with Crippen LogP contribution in [0.3, 0.4) is 0 Å². The summed E-state index contributed by atoms with van der Waals surface area (Å²) in [7, 11) is 1.60. The number of hydrogen-bond donors (Lipinski definition) is 2. The van der Waals surface area contributed by atoms with Crippen LogP contribution in [-0.4, -0.2) is 17.3 Å². The van der Waals surface area contributed by atoms with E-state index in [4.69, 9.17) is 19.9 Å². The number of benzene rings is 2. The van der Waals surface area contributed by atoms with Gasteiger partial charge in [-0.3, -0.25) is 5.10 Å². The van der Waals surface area contributed by atoms with Crippen LogP contribution in [0.15, 0.2) is 60.0 Å². The molecule has 1 atom stereocenters. The molecule has 32 heavy (non-hydrogen) atoms. The Labute approximate surface area is 187 Å². The average molecular weight is 431 g/mol. The minimum atomic E-state index is -0.443. The summed E-state index contributed by atoms with van der Waals surface area (Å²) in [6.45, 7) is 6.62. The molecule has 0 fully saturated rings. The summed E-state index contributed by atoms with van der Waals surface area (Å²) in [5, 5.41) is 17.3. The Morgan fingerprint density at radius 2 is 1.91 bits per heavy atom. The molecule has 0 radical (unpaired) electrons. The lowest BCUT2D eigenvalue weighted by molar-refractivity contribution is 0.284. The second-order valence-corrected chi connectivity index (χ2v) is 8.68. The van der Waals surface area contributed by atoms with Crippen LogP contribution in [0.5, 0.6) is 17.4 Å². The molecule has 7 heteroatoms. The highest BCUT2D eigenvalue weighted by atomic mass is 16.5. The maximum Gasteiger partial charge on any atom is 0.244 e. The minimum Gasteiger partial charge on any atom is -0.493 e. The number of H-pyrrole nitrogens is 1. The molecule has 0 aliphatic carbocycles. The van der Waals surface area contributed by atoms with Crippen molar-refractivity contribution in [3.63, 3.8) is 0 Å². The molecular formula is C25H26N4O3. The van der Waals surface area contributed by atoms with Crippen molar-refractivity contribution in [2.75, 3.05) is 7.11 Å². The molecule has 0 spiro atoms. The predicted octanol–water partition coefficient (Wildman–Crippen LogP) is 4.51. The van der Waals surface area contributed by atoms with E-state index in [0.29, 0.717) is 29.6 Å². The van der Waals surface area contributed by atoms with Crippen LogP contribution < -0.4 is 19.9 Å². The summed E-state index contributed by atoms with van der Waals surface area (Å²) in [4.78, 5) is 0. The first-order valence-corrected chi connectivity index (χ1v) is 10.3. The Morgan fingerprint density at radius 1 is 1.16 bits per heavy atom. The van der Waals surface area contributed by atoms with Gasteiger partial charge in [-0.2, -0.15) is 5.26 Å². The first-order chi connectivity index (χ1) is 15.3. The summed E-state index contributed by atoms with van der Waals surface area (Å²) >= 11 is 0. The second-order valence-electron chi connectivity index (χ2n) is 8.68. The van der Waals surface area contributed by atoms with Gasteiger partial charge in [-0.1, -0.05) is 57.2 Å². The standard InChI is InChI=1S/C25H26N4O3/c1-25(2,3)22-21-20(17(13-26)23(27)32-24(21)29-28-22)16-10-11-18(30-4)19(12-16)31-14-15-8-6-5-7-9-15/h5-12,20H,14,27H2,1-4H3,(H,28,29). The SMILES string of the molecule is COc1ccc(C2C(C#N)=C(N)Oc3n[nH]c(C(C)(C)C)c32)cc1OCc1ccccc1. The molecule has 0 bridgehead atoms. The van der Waals surface area contributed by atoms with Crippen molar-refractivity contribution < 1.29 is 14.2 Å². The number of nitrogens with one attached hydrogen (secondary N) is 1. The molecule has 2 aromatic carbocycles. The Hall–Kier alpha value is -3.92. The number of methoxy groups -OCH3 is 1. The Balaban J connectivity index is 1.80. The van der Waals surface area contributed by atoms with Crippen LogP contribution in [0.1, 0.15) is 49.1 Å². The molecule has 164 valence electrons. The Morgan fingerprint density at radius 3 is 2.56 bits per heavy atom. The van der Waals surface area contributed by atoms with E-state index >= 15 is 0 Å². The lowest BCUT2D eigenvalue weighted by atomic mass is 9.79. The Kier molecular flexibility index (Phi) is 5.54. The third-order valence-electron chi connectivity index (χ3n) is 5.45. The molecule has 1 aromatic heterocycles. The van der Waals surface area contributed by atoms with Gasteiger partial charge in [-0.05, 0) is 23.3 Å². The van der Waals surface area contributed by atoms with Gasteiger partial charge in [-0.25, -0.2) is 0 Å². The fourth-order valence-electron chi connectivity index (χ4n) is 3.87. The van der Waals surface area contributed by atoms with Crippen molar-refractivity contribution in [1.29, 1.82) is 5.26 Å². The van der Waals surface area contributed by atoms with Gasteiger partial charge < -0.3 is 19.9 Å². The summed E-state index contributed by atoms with van der Waals surface area (Å²) < 4.78 is 17.3. The van der Waals surface area contributed by atoms with Crippen LogP contribution in [0.2, 0.25) is 0 Å². The highest BCUT2D eigenvalue weighted by Gasteiger charge is 2.38. The molecule has 3 aromatic rings. The van der Waals surface area contributed by atoms with E-state index in [1.54, 1.807) is 7.11 Å². The lowest BCUT2D eigenvalue weighted by Gasteiger charge is -2.27.